The smallest absolute Gasteiger partial charge is 0.407 e. The van der Waals surface area contributed by atoms with Crippen LogP contribution in [0.5, 0.6) is 0 Å². The summed E-state index contributed by atoms with van der Waals surface area (Å²) in [5.41, 5.74) is 0.965. The van der Waals surface area contributed by atoms with Crippen LogP contribution in [0.2, 0.25) is 0 Å². The summed E-state index contributed by atoms with van der Waals surface area (Å²) >= 11 is 0. The van der Waals surface area contributed by atoms with Crippen LogP contribution in [-0.4, -0.2) is 46.1 Å². The van der Waals surface area contributed by atoms with E-state index in [-0.39, 0.29) is 30.5 Å². The number of hydrogen-bond acceptors (Lipinski definition) is 4. The Morgan fingerprint density at radius 1 is 1.12 bits per heavy atom. The third-order valence-corrected chi connectivity index (χ3v) is 5.02. The topological polar surface area (TPSA) is 71.5 Å². The molecule has 2 rings (SSSR count). The normalized spacial score (nSPS) is 13.3. The van der Waals surface area contributed by atoms with Gasteiger partial charge >= 0.3 is 6.09 Å². The predicted octanol–water partition coefficient (Wildman–Crippen LogP) is 4.72. The van der Waals surface area contributed by atoms with E-state index in [9.17, 15) is 9.59 Å². The highest BCUT2D eigenvalue weighted by molar-refractivity contribution is 5.85. The van der Waals surface area contributed by atoms with Crippen LogP contribution >= 0.6 is 0 Å². The van der Waals surface area contributed by atoms with E-state index in [1.807, 2.05) is 77.6 Å². The number of rotatable bonds is 8. The van der Waals surface area contributed by atoms with Crippen molar-refractivity contribution in [2.24, 2.45) is 0 Å². The molecule has 0 bridgehead atoms. The molecular weight excluding hydrogens is 402 g/mol. The molecular formula is C26H35N3O3. The molecule has 6 nitrogen and oxygen atoms in total. The molecule has 0 spiro atoms. The van der Waals surface area contributed by atoms with E-state index in [2.05, 4.69) is 22.4 Å². The highest BCUT2D eigenvalue weighted by Gasteiger charge is 2.37. The summed E-state index contributed by atoms with van der Waals surface area (Å²) in [4.78, 5) is 32.5. The van der Waals surface area contributed by atoms with Crippen molar-refractivity contribution in [3.63, 3.8) is 0 Å². The third kappa shape index (κ3) is 6.98. The molecule has 2 unspecified atom stereocenters. The summed E-state index contributed by atoms with van der Waals surface area (Å²) in [6.07, 6.45) is 2.88. The fraction of sp³-hybridized carbons (Fsp3) is 0.500. The molecule has 1 N–H and O–H groups in total. The Labute approximate surface area is 192 Å². The van der Waals surface area contributed by atoms with Crippen LogP contribution in [0.1, 0.15) is 71.4 Å². The molecule has 0 aliphatic carbocycles. The maximum absolute atomic E-state index is 13.9. The first-order valence-corrected chi connectivity index (χ1v) is 11.1. The highest BCUT2D eigenvalue weighted by atomic mass is 16.6. The standard InChI is InChI=1S/C26H35N3O3/c1-18(2)29(19(3)4)24(30)23(21-14-11-15-27-16-21)22(20-12-9-8-10-13-20)17-28-25(31)32-26(5,6)7/h8-9,11-12,14-16,18-19,22-23H,17H2,1-7H3,(H,28,31). The number of nitrogens with one attached hydrogen (secondary N) is 1. The van der Waals surface area contributed by atoms with Crippen molar-refractivity contribution in [1.29, 1.82) is 0 Å². The summed E-state index contributed by atoms with van der Waals surface area (Å²) in [5, 5.41) is 2.85. The van der Waals surface area contributed by atoms with E-state index >= 15 is 0 Å². The first-order valence-electron chi connectivity index (χ1n) is 11.1. The number of carbonyl (C=O) groups is 2. The van der Waals surface area contributed by atoms with Gasteiger partial charge in [-0.3, -0.25) is 9.78 Å². The molecule has 2 aromatic rings. The molecule has 1 heterocycles. The highest BCUT2D eigenvalue weighted by Crippen LogP contribution is 2.34. The van der Waals surface area contributed by atoms with Crippen LogP contribution in [0.4, 0.5) is 4.79 Å². The number of nitrogens with zero attached hydrogens (tertiary/aromatic N) is 2. The molecule has 6 heteroatoms. The molecule has 2 amide bonds. The lowest BCUT2D eigenvalue weighted by atomic mass is 9.80. The third-order valence-electron chi connectivity index (χ3n) is 5.02. The van der Waals surface area contributed by atoms with E-state index in [1.165, 1.54) is 0 Å². The molecule has 0 fully saturated rings. The van der Waals surface area contributed by atoms with Crippen LogP contribution in [0.25, 0.3) is 0 Å². The summed E-state index contributed by atoms with van der Waals surface area (Å²) in [5.74, 6) is -0.955. The molecule has 0 radical (unpaired) electrons. The van der Waals surface area contributed by atoms with Crippen LogP contribution in [0.15, 0.2) is 42.7 Å². The van der Waals surface area contributed by atoms with Crippen LogP contribution in [0, 0.1) is 12.1 Å². The molecule has 0 saturated carbocycles. The van der Waals surface area contributed by atoms with Gasteiger partial charge in [0.25, 0.3) is 0 Å². The first kappa shape index (κ1) is 25.2. The number of hydrogen-bond donors (Lipinski definition) is 1. The average molecular weight is 438 g/mol. The lowest BCUT2D eigenvalue weighted by Crippen LogP contribution is -2.47. The largest absolute Gasteiger partial charge is 0.444 e. The number of ether oxygens (including phenoxy) is 1. The van der Waals surface area contributed by atoms with Gasteiger partial charge in [-0.1, -0.05) is 24.3 Å². The van der Waals surface area contributed by atoms with Crippen molar-refractivity contribution in [2.75, 3.05) is 6.54 Å². The molecule has 1 aromatic heterocycles. The van der Waals surface area contributed by atoms with Gasteiger partial charge in [-0.15, -0.1) is 0 Å². The Morgan fingerprint density at radius 3 is 2.31 bits per heavy atom. The van der Waals surface area contributed by atoms with Crippen LogP contribution in [-0.2, 0) is 9.53 Å². The van der Waals surface area contributed by atoms with Gasteiger partial charge in [0, 0.05) is 42.5 Å². The van der Waals surface area contributed by atoms with E-state index in [1.54, 1.807) is 18.5 Å². The van der Waals surface area contributed by atoms with Gasteiger partial charge in [0.2, 0.25) is 5.91 Å². The lowest BCUT2D eigenvalue weighted by molar-refractivity contribution is -0.137. The van der Waals surface area contributed by atoms with E-state index in [4.69, 9.17) is 4.74 Å². The SMILES string of the molecule is CC(C)N(C(=O)C(c1cccnc1)C(CNC(=O)OC(C)(C)C)c1c#cccc1)C(C)C. The summed E-state index contributed by atoms with van der Waals surface area (Å²) in [6, 6.07) is 15.4. The van der Waals surface area contributed by atoms with Crippen molar-refractivity contribution in [2.45, 2.75) is 78.0 Å². The van der Waals surface area contributed by atoms with E-state index < -0.39 is 17.6 Å². The van der Waals surface area contributed by atoms with Gasteiger partial charge in [-0.25, -0.2) is 4.79 Å². The quantitative estimate of drug-likeness (QED) is 0.649. The van der Waals surface area contributed by atoms with Crippen molar-refractivity contribution in [1.82, 2.24) is 15.2 Å². The summed E-state index contributed by atoms with van der Waals surface area (Å²) in [6.45, 7) is 13.7. The second kappa shape index (κ2) is 11.0. The fourth-order valence-corrected chi connectivity index (χ4v) is 3.87. The maximum Gasteiger partial charge on any atom is 0.407 e. The average Bonchev–Trinajstić information content (AvgIpc) is 2.70. The maximum atomic E-state index is 13.9. The monoisotopic (exact) mass is 437 g/mol. The number of aromatic nitrogens is 1. The minimum Gasteiger partial charge on any atom is -0.444 e. The van der Waals surface area contributed by atoms with Crippen molar-refractivity contribution in [3.8, 4) is 0 Å². The summed E-state index contributed by atoms with van der Waals surface area (Å²) in [7, 11) is 0. The number of pyridine rings is 1. The van der Waals surface area contributed by atoms with E-state index in [0.717, 1.165) is 11.1 Å². The minimum atomic E-state index is -0.614. The molecule has 32 heavy (non-hydrogen) atoms. The van der Waals surface area contributed by atoms with Gasteiger partial charge < -0.3 is 15.0 Å². The molecule has 2 atom stereocenters. The zero-order valence-corrected chi connectivity index (χ0v) is 20.2. The Hall–Kier alpha value is -3.07. The molecule has 172 valence electrons. The zero-order chi connectivity index (χ0) is 23.9. The lowest BCUT2D eigenvalue weighted by Gasteiger charge is -2.37. The van der Waals surface area contributed by atoms with Gasteiger partial charge in [0.15, 0.2) is 0 Å². The van der Waals surface area contributed by atoms with Gasteiger partial charge in [0.05, 0.1) is 5.92 Å². The molecule has 0 saturated heterocycles. The van der Waals surface area contributed by atoms with Gasteiger partial charge in [0.1, 0.15) is 5.60 Å². The van der Waals surface area contributed by atoms with Gasteiger partial charge in [-0.05, 0) is 72.2 Å². The predicted molar refractivity (Wildman–Crippen MR) is 125 cm³/mol. The Bertz CT molecular complexity index is 853. The fourth-order valence-electron chi connectivity index (χ4n) is 3.87. The second-order valence-corrected chi connectivity index (χ2v) is 9.44. The molecule has 1 aromatic carbocycles. The number of alkyl carbamates (subject to hydrolysis) is 1. The van der Waals surface area contributed by atoms with Crippen LogP contribution in [0.3, 0.4) is 0 Å². The Balaban J connectivity index is 2.49. The number of carbonyl (C=O) groups excluding carboxylic acids is 2. The minimum absolute atomic E-state index is 0.0174. The van der Waals surface area contributed by atoms with Crippen LogP contribution < -0.4 is 5.32 Å². The zero-order valence-electron chi connectivity index (χ0n) is 20.2. The first-order chi connectivity index (χ1) is 15.0. The van der Waals surface area contributed by atoms with Crippen molar-refractivity contribution in [3.05, 3.63) is 66.0 Å². The van der Waals surface area contributed by atoms with Crippen molar-refractivity contribution < 1.29 is 14.3 Å². The van der Waals surface area contributed by atoms with E-state index in [0.29, 0.717) is 0 Å². The Morgan fingerprint density at radius 2 is 1.81 bits per heavy atom. The van der Waals surface area contributed by atoms with Crippen molar-refractivity contribution >= 4 is 12.0 Å². The van der Waals surface area contributed by atoms with Gasteiger partial charge in [-0.2, -0.15) is 0 Å². The Kier molecular flexibility index (Phi) is 8.65. The molecule has 0 aliphatic heterocycles. The summed E-state index contributed by atoms with van der Waals surface area (Å²) < 4.78 is 5.42. The molecule has 0 aliphatic rings. The second-order valence-electron chi connectivity index (χ2n) is 9.44. The number of amides is 2.